The van der Waals surface area contributed by atoms with E-state index in [0.29, 0.717) is 21.4 Å². The SMILES string of the molecule is CN1CC(N(Cc2ccc(F)cn2)C(=O)CN2C(=O)N[C@]3(C[C@@H](F)c4cc(-c5cnn(C6CCC6)c5)ccc43)C2=O)(C(F)(F)F)C1. The Morgan fingerprint density at radius 3 is 2.50 bits per heavy atom. The lowest BCUT2D eigenvalue weighted by molar-refractivity contribution is -0.268. The van der Waals surface area contributed by atoms with Gasteiger partial charge in [0.1, 0.15) is 24.1 Å². The van der Waals surface area contributed by atoms with Gasteiger partial charge in [-0.1, -0.05) is 12.1 Å². The molecular weight excluding hydrogens is 613 g/mol. The zero-order valence-electron chi connectivity index (χ0n) is 24.7. The zero-order valence-corrected chi connectivity index (χ0v) is 24.7. The van der Waals surface area contributed by atoms with Gasteiger partial charge in [-0.15, -0.1) is 0 Å². The molecule has 3 aromatic rings. The summed E-state index contributed by atoms with van der Waals surface area (Å²) < 4.78 is 74.5. The third-order valence-corrected chi connectivity index (χ3v) is 9.70. The third kappa shape index (κ3) is 4.65. The monoisotopic (exact) mass is 643 g/mol. The Morgan fingerprint density at radius 1 is 1.11 bits per heavy atom. The first kappa shape index (κ1) is 30.3. The van der Waals surface area contributed by atoms with Crippen LogP contribution in [0.5, 0.6) is 0 Å². The molecule has 2 aliphatic heterocycles. The number of urea groups is 1. The van der Waals surface area contributed by atoms with Crippen LogP contribution in [0.1, 0.15) is 54.7 Å². The molecule has 2 aliphatic carbocycles. The van der Waals surface area contributed by atoms with E-state index < -0.39 is 79.7 Å². The van der Waals surface area contributed by atoms with E-state index in [-0.39, 0.29) is 16.8 Å². The number of rotatable bonds is 7. The molecule has 4 heterocycles. The molecule has 1 aromatic carbocycles. The van der Waals surface area contributed by atoms with Gasteiger partial charge in [-0.25, -0.2) is 13.6 Å². The summed E-state index contributed by atoms with van der Waals surface area (Å²) in [5, 5.41) is 6.96. The summed E-state index contributed by atoms with van der Waals surface area (Å²) in [4.78, 5) is 47.0. The molecule has 1 spiro atoms. The third-order valence-electron chi connectivity index (χ3n) is 9.70. The number of hydrogen-bond donors (Lipinski definition) is 1. The van der Waals surface area contributed by atoms with E-state index >= 15 is 4.39 Å². The largest absolute Gasteiger partial charge is 0.414 e. The first-order chi connectivity index (χ1) is 21.8. The van der Waals surface area contributed by atoms with Gasteiger partial charge < -0.3 is 15.1 Å². The van der Waals surface area contributed by atoms with Crippen LogP contribution in [0.4, 0.5) is 26.7 Å². The molecule has 242 valence electrons. The number of fused-ring (bicyclic) bond motifs is 2. The number of nitrogens with zero attached hydrogens (tertiary/aromatic N) is 6. The topological polar surface area (TPSA) is 104 Å². The fourth-order valence-electron chi connectivity index (χ4n) is 7.02. The average Bonchev–Trinajstić information content (AvgIpc) is 3.61. The van der Waals surface area contributed by atoms with Crippen molar-refractivity contribution >= 4 is 17.8 Å². The van der Waals surface area contributed by atoms with Crippen LogP contribution in [-0.4, -0.2) is 85.7 Å². The number of carbonyl (C=O) groups excluding carboxylic acids is 3. The number of aromatic nitrogens is 3. The molecule has 0 bridgehead atoms. The van der Waals surface area contributed by atoms with Crippen LogP contribution in [0.15, 0.2) is 48.9 Å². The van der Waals surface area contributed by atoms with E-state index in [1.54, 1.807) is 24.4 Å². The van der Waals surface area contributed by atoms with E-state index in [0.717, 1.165) is 43.2 Å². The van der Waals surface area contributed by atoms with Gasteiger partial charge in [-0.05, 0) is 61.2 Å². The molecule has 2 atom stereocenters. The lowest BCUT2D eigenvalue weighted by atomic mass is 9.86. The first-order valence-corrected chi connectivity index (χ1v) is 14.9. The summed E-state index contributed by atoms with van der Waals surface area (Å²) in [6.45, 7) is -2.75. The number of nitrogens with one attached hydrogen (secondary N) is 1. The fourth-order valence-corrected chi connectivity index (χ4v) is 7.02. The summed E-state index contributed by atoms with van der Waals surface area (Å²) >= 11 is 0. The number of benzene rings is 1. The molecule has 2 aromatic heterocycles. The van der Waals surface area contributed by atoms with E-state index in [9.17, 15) is 31.9 Å². The smallest absolute Gasteiger partial charge is 0.319 e. The average molecular weight is 644 g/mol. The predicted molar refractivity (Wildman–Crippen MR) is 152 cm³/mol. The normalized spacial score (nSPS) is 24.1. The maximum Gasteiger partial charge on any atom is 0.414 e. The minimum Gasteiger partial charge on any atom is -0.319 e. The molecule has 4 amide bonds. The van der Waals surface area contributed by atoms with E-state index in [1.165, 1.54) is 11.9 Å². The van der Waals surface area contributed by atoms with Crippen molar-refractivity contribution < 1.29 is 36.3 Å². The quantitative estimate of drug-likeness (QED) is 0.305. The van der Waals surface area contributed by atoms with Gasteiger partial charge in [-0.2, -0.15) is 18.3 Å². The minimum atomic E-state index is -4.87. The van der Waals surface area contributed by atoms with Crippen LogP contribution in [0.3, 0.4) is 0 Å². The molecule has 1 N–H and O–H groups in total. The van der Waals surface area contributed by atoms with Crippen LogP contribution >= 0.6 is 0 Å². The van der Waals surface area contributed by atoms with Gasteiger partial charge in [0.15, 0.2) is 5.54 Å². The number of carbonyl (C=O) groups is 3. The molecule has 46 heavy (non-hydrogen) atoms. The van der Waals surface area contributed by atoms with Crippen molar-refractivity contribution in [1.29, 1.82) is 0 Å². The number of alkyl halides is 4. The summed E-state index contributed by atoms with van der Waals surface area (Å²) in [5.74, 6) is -2.80. The van der Waals surface area contributed by atoms with Gasteiger partial charge in [-0.3, -0.25) is 24.2 Å². The van der Waals surface area contributed by atoms with Crippen molar-refractivity contribution in [2.24, 2.45) is 0 Å². The highest BCUT2D eigenvalue weighted by atomic mass is 19.4. The molecule has 0 radical (unpaired) electrons. The molecule has 3 fully saturated rings. The maximum atomic E-state index is 15.6. The second-order valence-electron chi connectivity index (χ2n) is 12.6. The Morgan fingerprint density at radius 2 is 1.87 bits per heavy atom. The Hall–Kier alpha value is -4.40. The Labute approximate surface area is 260 Å². The standard InChI is InChI=1S/C31H30F5N7O3/c1-40-16-29(17-40,31(34,35)36)42(14-21-7-6-20(32)12-37-21)26(44)15-41-27(45)30(39-28(41)46)10-25(33)23-9-18(5-8-24(23)30)19-11-38-43(13-19)22-3-2-4-22/h5-9,11-13,22,25H,2-4,10,14-17H2,1H3,(H,39,46)/t25-,30+/m1/s1. The lowest BCUT2D eigenvalue weighted by Gasteiger charge is -2.55. The van der Waals surface area contributed by atoms with Crippen LogP contribution < -0.4 is 5.32 Å². The van der Waals surface area contributed by atoms with Crippen LogP contribution in [0, 0.1) is 5.82 Å². The molecule has 15 heteroatoms. The van der Waals surface area contributed by atoms with Crippen LogP contribution in [0.2, 0.25) is 0 Å². The lowest BCUT2D eigenvalue weighted by Crippen LogP contribution is -2.77. The van der Waals surface area contributed by atoms with Crippen molar-refractivity contribution in [3.05, 3.63) is 71.6 Å². The van der Waals surface area contributed by atoms with Crippen molar-refractivity contribution in [3.8, 4) is 11.1 Å². The summed E-state index contributed by atoms with van der Waals surface area (Å²) in [6.07, 6.45) is 0.687. The Balaban J connectivity index is 1.16. The minimum absolute atomic E-state index is 0.0133. The molecule has 10 nitrogen and oxygen atoms in total. The molecule has 0 unspecified atom stereocenters. The molecule has 7 rings (SSSR count). The second kappa shape index (κ2) is 10.6. The fraction of sp³-hybridized carbons (Fsp3) is 0.452. The molecular formula is C31H30F5N7O3. The molecule has 1 saturated carbocycles. The summed E-state index contributed by atoms with van der Waals surface area (Å²) in [5.41, 5.74) is -2.58. The zero-order chi connectivity index (χ0) is 32.6. The van der Waals surface area contributed by atoms with Gasteiger partial charge in [0.25, 0.3) is 5.91 Å². The number of likely N-dealkylation sites (tertiary alicyclic amines) is 1. The number of halogens is 5. The summed E-state index contributed by atoms with van der Waals surface area (Å²) in [7, 11) is 1.46. The van der Waals surface area contributed by atoms with Crippen molar-refractivity contribution in [3.63, 3.8) is 0 Å². The first-order valence-electron chi connectivity index (χ1n) is 14.9. The van der Waals surface area contributed by atoms with Crippen molar-refractivity contribution in [2.75, 3.05) is 26.7 Å². The van der Waals surface area contributed by atoms with E-state index in [1.807, 2.05) is 10.9 Å². The van der Waals surface area contributed by atoms with Gasteiger partial charge in [0.05, 0.1) is 30.7 Å². The second-order valence-corrected chi connectivity index (χ2v) is 12.6. The number of pyridine rings is 1. The van der Waals surface area contributed by atoms with E-state index in [2.05, 4.69) is 15.4 Å². The van der Waals surface area contributed by atoms with E-state index in [4.69, 9.17) is 0 Å². The molecule has 2 saturated heterocycles. The summed E-state index contributed by atoms with van der Waals surface area (Å²) in [6, 6.07) is 6.36. The van der Waals surface area contributed by atoms with Crippen molar-refractivity contribution in [2.45, 2.75) is 61.7 Å². The van der Waals surface area contributed by atoms with Gasteiger partial charge in [0, 0.05) is 31.3 Å². The Kier molecular flexibility index (Phi) is 6.96. The van der Waals surface area contributed by atoms with Crippen LogP contribution in [0.25, 0.3) is 11.1 Å². The highest BCUT2D eigenvalue weighted by molar-refractivity contribution is 6.10. The van der Waals surface area contributed by atoms with Gasteiger partial charge >= 0.3 is 12.2 Å². The maximum absolute atomic E-state index is 15.6. The number of amides is 4. The number of imide groups is 1. The van der Waals surface area contributed by atoms with Crippen LogP contribution in [-0.2, 0) is 21.7 Å². The Bertz CT molecular complexity index is 1720. The highest BCUT2D eigenvalue weighted by Gasteiger charge is 2.66. The highest BCUT2D eigenvalue weighted by Crippen LogP contribution is 2.50. The predicted octanol–water partition coefficient (Wildman–Crippen LogP) is 4.25. The van der Waals surface area contributed by atoms with Crippen molar-refractivity contribution in [1.82, 2.24) is 34.8 Å². The van der Waals surface area contributed by atoms with Gasteiger partial charge in [0.2, 0.25) is 5.91 Å². The molecule has 4 aliphatic rings. The number of hydrogen-bond acceptors (Lipinski definition) is 6. The number of likely N-dealkylation sites (N-methyl/N-ethyl adjacent to an activating group) is 1.